The van der Waals surface area contributed by atoms with Crippen molar-refractivity contribution in [1.82, 2.24) is 5.32 Å². The van der Waals surface area contributed by atoms with Gasteiger partial charge in [-0.15, -0.1) is 0 Å². The van der Waals surface area contributed by atoms with Gasteiger partial charge in [-0.2, -0.15) is 0 Å². The molecule has 1 unspecified atom stereocenters. The molecule has 1 fully saturated rings. The van der Waals surface area contributed by atoms with Crippen molar-refractivity contribution >= 4 is 5.69 Å². The van der Waals surface area contributed by atoms with Gasteiger partial charge < -0.3 is 10.6 Å². The number of para-hydroxylation sites is 1. The Labute approximate surface area is 89.9 Å². The maximum atomic E-state index is 13.3. The summed E-state index contributed by atoms with van der Waals surface area (Å²) in [5, 5.41) is 6.52. The lowest BCUT2D eigenvalue weighted by Crippen LogP contribution is -2.33. The summed E-state index contributed by atoms with van der Waals surface area (Å²) in [6, 6.07) is 6.83. The summed E-state index contributed by atoms with van der Waals surface area (Å²) >= 11 is 0. The van der Waals surface area contributed by atoms with Gasteiger partial charge in [-0.05, 0) is 44.0 Å². The van der Waals surface area contributed by atoms with Crippen LogP contribution in [0, 0.1) is 11.7 Å². The van der Waals surface area contributed by atoms with Crippen LogP contribution in [0.2, 0.25) is 0 Å². The van der Waals surface area contributed by atoms with Gasteiger partial charge in [-0.3, -0.25) is 0 Å². The zero-order valence-corrected chi connectivity index (χ0v) is 8.80. The molecule has 1 atom stereocenters. The van der Waals surface area contributed by atoms with Crippen molar-refractivity contribution in [2.75, 3.05) is 25.0 Å². The van der Waals surface area contributed by atoms with Crippen LogP contribution in [-0.2, 0) is 0 Å². The number of rotatable bonds is 3. The molecule has 0 radical (unpaired) electrons. The molecule has 1 aliphatic rings. The number of hydrogen-bond donors (Lipinski definition) is 2. The monoisotopic (exact) mass is 208 g/mol. The molecule has 1 aromatic rings. The van der Waals surface area contributed by atoms with Gasteiger partial charge in [0.05, 0.1) is 5.69 Å². The average molecular weight is 208 g/mol. The number of benzene rings is 1. The molecule has 0 spiro atoms. The summed E-state index contributed by atoms with van der Waals surface area (Å²) in [6.45, 7) is 3.02. The summed E-state index contributed by atoms with van der Waals surface area (Å²) in [6.07, 6.45) is 2.46. The highest BCUT2D eigenvalue weighted by molar-refractivity contribution is 5.44. The van der Waals surface area contributed by atoms with Gasteiger partial charge in [0.1, 0.15) is 5.82 Å². The molecule has 2 rings (SSSR count). The van der Waals surface area contributed by atoms with E-state index in [1.807, 2.05) is 6.07 Å². The van der Waals surface area contributed by atoms with Crippen LogP contribution >= 0.6 is 0 Å². The van der Waals surface area contributed by atoms with Crippen LogP contribution in [0.4, 0.5) is 10.1 Å². The largest absolute Gasteiger partial charge is 0.382 e. The highest BCUT2D eigenvalue weighted by atomic mass is 19.1. The van der Waals surface area contributed by atoms with Crippen molar-refractivity contribution in [2.45, 2.75) is 12.8 Å². The standard InChI is InChI=1S/C12H17FN2/c13-11-5-1-2-6-12(11)15-9-10-4-3-7-14-8-10/h1-2,5-6,10,14-15H,3-4,7-9H2. The van der Waals surface area contributed by atoms with Crippen LogP contribution in [0.5, 0.6) is 0 Å². The molecule has 0 amide bonds. The number of anilines is 1. The second-order valence-corrected chi connectivity index (χ2v) is 4.07. The lowest BCUT2D eigenvalue weighted by atomic mass is 10.00. The fourth-order valence-corrected chi connectivity index (χ4v) is 1.96. The minimum Gasteiger partial charge on any atom is -0.382 e. The molecule has 1 aliphatic heterocycles. The van der Waals surface area contributed by atoms with E-state index in [0.29, 0.717) is 11.6 Å². The smallest absolute Gasteiger partial charge is 0.146 e. The number of hydrogen-bond acceptors (Lipinski definition) is 2. The molecular weight excluding hydrogens is 191 g/mol. The quantitative estimate of drug-likeness (QED) is 0.796. The van der Waals surface area contributed by atoms with E-state index < -0.39 is 0 Å². The van der Waals surface area contributed by atoms with E-state index in [4.69, 9.17) is 0 Å². The molecule has 2 nitrogen and oxygen atoms in total. The first-order chi connectivity index (χ1) is 7.36. The molecule has 0 saturated carbocycles. The molecule has 82 valence electrons. The summed E-state index contributed by atoms with van der Waals surface area (Å²) in [5.74, 6) is 0.458. The zero-order valence-electron chi connectivity index (χ0n) is 8.80. The maximum Gasteiger partial charge on any atom is 0.146 e. The van der Waals surface area contributed by atoms with E-state index in [9.17, 15) is 4.39 Å². The first kappa shape index (κ1) is 10.4. The van der Waals surface area contributed by atoms with E-state index in [2.05, 4.69) is 10.6 Å². The Kier molecular flexibility index (Phi) is 3.56. The predicted molar refractivity (Wildman–Crippen MR) is 60.5 cm³/mol. The van der Waals surface area contributed by atoms with Crippen molar-refractivity contribution in [1.29, 1.82) is 0 Å². The summed E-state index contributed by atoms with van der Waals surface area (Å²) in [4.78, 5) is 0. The highest BCUT2D eigenvalue weighted by Gasteiger charge is 2.12. The van der Waals surface area contributed by atoms with E-state index in [-0.39, 0.29) is 5.82 Å². The third kappa shape index (κ3) is 2.93. The Morgan fingerprint density at radius 2 is 2.27 bits per heavy atom. The number of halogens is 1. The van der Waals surface area contributed by atoms with Crippen LogP contribution in [0.15, 0.2) is 24.3 Å². The Hall–Kier alpha value is -1.09. The summed E-state index contributed by atoms with van der Waals surface area (Å²) < 4.78 is 13.3. The van der Waals surface area contributed by atoms with Gasteiger partial charge in [0, 0.05) is 6.54 Å². The molecule has 1 heterocycles. The lowest BCUT2D eigenvalue weighted by molar-refractivity contribution is 0.392. The van der Waals surface area contributed by atoms with Gasteiger partial charge in [-0.25, -0.2) is 4.39 Å². The van der Waals surface area contributed by atoms with Crippen molar-refractivity contribution in [3.63, 3.8) is 0 Å². The summed E-state index contributed by atoms with van der Waals surface area (Å²) in [5.41, 5.74) is 0.614. The van der Waals surface area contributed by atoms with E-state index in [1.165, 1.54) is 18.9 Å². The Morgan fingerprint density at radius 3 is 3.00 bits per heavy atom. The van der Waals surface area contributed by atoms with Crippen LogP contribution < -0.4 is 10.6 Å². The molecule has 1 saturated heterocycles. The topological polar surface area (TPSA) is 24.1 Å². The Bertz CT molecular complexity index is 308. The molecule has 0 bridgehead atoms. The Morgan fingerprint density at radius 1 is 1.40 bits per heavy atom. The van der Waals surface area contributed by atoms with Gasteiger partial charge >= 0.3 is 0 Å². The van der Waals surface area contributed by atoms with Crippen molar-refractivity contribution < 1.29 is 4.39 Å². The molecule has 2 N–H and O–H groups in total. The second kappa shape index (κ2) is 5.12. The van der Waals surface area contributed by atoms with Crippen LogP contribution in [0.3, 0.4) is 0 Å². The highest BCUT2D eigenvalue weighted by Crippen LogP contribution is 2.15. The van der Waals surface area contributed by atoms with Gasteiger partial charge in [-0.1, -0.05) is 12.1 Å². The first-order valence-electron chi connectivity index (χ1n) is 5.55. The third-order valence-electron chi connectivity index (χ3n) is 2.85. The minimum absolute atomic E-state index is 0.165. The lowest BCUT2D eigenvalue weighted by Gasteiger charge is -2.23. The van der Waals surface area contributed by atoms with Crippen molar-refractivity contribution in [3.8, 4) is 0 Å². The molecule has 3 heteroatoms. The summed E-state index contributed by atoms with van der Waals surface area (Å²) in [7, 11) is 0. The maximum absolute atomic E-state index is 13.3. The van der Waals surface area contributed by atoms with Gasteiger partial charge in [0.25, 0.3) is 0 Å². The fourth-order valence-electron chi connectivity index (χ4n) is 1.96. The molecule has 15 heavy (non-hydrogen) atoms. The van der Waals surface area contributed by atoms with Gasteiger partial charge in [0.2, 0.25) is 0 Å². The molecule has 0 aliphatic carbocycles. The van der Waals surface area contributed by atoms with Crippen molar-refractivity contribution in [3.05, 3.63) is 30.1 Å². The van der Waals surface area contributed by atoms with E-state index >= 15 is 0 Å². The van der Waals surface area contributed by atoms with E-state index in [1.54, 1.807) is 12.1 Å². The molecular formula is C12H17FN2. The van der Waals surface area contributed by atoms with Crippen LogP contribution in [0.1, 0.15) is 12.8 Å². The minimum atomic E-state index is -0.165. The average Bonchev–Trinajstić information content (AvgIpc) is 2.29. The predicted octanol–water partition coefficient (Wildman–Crippen LogP) is 2.24. The van der Waals surface area contributed by atoms with Crippen LogP contribution in [-0.4, -0.2) is 19.6 Å². The first-order valence-corrected chi connectivity index (χ1v) is 5.55. The van der Waals surface area contributed by atoms with E-state index in [0.717, 1.165) is 19.6 Å². The third-order valence-corrected chi connectivity index (χ3v) is 2.85. The number of nitrogens with one attached hydrogen (secondary N) is 2. The Balaban J connectivity index is 1.84. The normalized spacial score (nSPS) is 21.3. The fraction of sp³-hybridized carbons (Fsp3) is 0.500. The van der Waals surface area contributed by atoms with Crippen molar-refractivity contribution in [2.24, 2.45) is 5.92 Å². The molecule has 0 aromatic heterocycles. The second-order valence-electron chi connectivity index (χ2n) is 4.07. The SMILES string of the molecule is Fc1ccccc1NCC1CCCNC1. The van der Waals surface area contributed by atoms with Gasteiger partial charge in [0.15, 0.2) is 0 Å². The van der Waals surface area contributed by atoms with Crippen LogP contribution in [0.25, 0.3) is 0 Å². The molecule has 1 aromatic carbocycles. The number of piperidine rings is 1. The zero-order chi connectivity index (χ0) is 10.5.